The summed E-state index contributed by atoms with van der Waals surface area (Å²) in [4.78, 5) is 12.2. The predicted octanol–water partition coefficient (Wildman–Crippen LogP) is 0.296. The van der Waals surface area contributed by atoms with Crippen LogP contribution in [-0.2, 0) is 4.79 Å². The molecule has 5 heteroatoms. The molecule has 0 spiro atoms. The Morgan fingerprint density at radius 2 is 2.50 bits per heavy atom. The number of primary amides is 1. The van der Waals surface area contributed by atoms with Gasteiger partial charge in [-0.25, -0.2) is 0 Å². The van der Waals surface area contributed by atoms with Gasteiger partial charge in [-0.1, -0.05) is 5.11 Å². The Morgan fingerprint density at radius 1 is 1.88 bits per heavy atom. The van der Waals surface area contributed by atoms with E-state index in [4.69, 9.17) is 5.53 Å². The second-order valence-electron chi connectivity index (χ2n) is 0.923. The highest BCUT2D eigenvalue weighted by molar-refractivity contribution is 5.85. The molecule has 0 bridgehead atoms. The number of carbonyl (C=O) groups is 1. The maximum absolute atomic E-state index is 9.83. The fourth-order valence-corrected chi connectivity index (χ4v) is 0.137. The highest BCUT2D eigenvalue weighted by atomic mass is 16.1. The first-order valence-electron chi connectivity index (χ1n) is 1.77. The number of azide groups is 1. The molecule has 0 aromatic carbocycles. The van der Waals surface area contributed by atoms with Gasteiger partial charge in [0.15, 0.2) is 0 Å². The van der Waals surface area contributed by atoms with Crippen molar-refractivity contribution in [2.75, 3.05) is 0 Å². The van der Waals surface area contributed by atoms with Crippen LogP contribution < -0.4 is 5.73 Å². The zero-order valence-corrected chi connectivity index (χ0v) is 3.98. The maximum atomic E-state index is 9.83. The number of rotatable bonds is 2. The third-order valence-electron chi connectivity index (χ3n) is 0.357. The van der Waals surface area contributed by atoms with E-state index >= 15 is 0 Å². The van der Waals surface area contributed by atoms with Crippen molar-refractivity contribution in [3.8, 4) is 0 Å². The van der Waals surface area contributed by atoms with Crippen molar-refractivity contribution < 1.29 is 4.79 Å². The summed E-state index contributed by atoms with van der Waals surface area (Å²) in [6, 6.07) is 0. The van der Waals surface area contributed by atoms with Gasteiger partial charge in [0.2, 0.25) is 5.91 Å². The number of hydrogen-bond acceptors (Lipinski definition) is 2. The Kier molecular flexibility index (Phi) is 3.02. The molecule has 0 saturated heterocycles. The summed E-state index contributed by atoms with van der Waals surface area (Å²) in [6.07, 6.45) is 1.96. The van der Waals surface area contributed by atoms with Gasteiger partial charge in [0.1, 0.15) is 0 Å². The van der Waals surface area contributed by atoms with Gasteiger partial charge in [-0.15, -0.1) is 0 Å². The summed E-state index contributed by atoms with van der Waals surface area (Å²) in [5.74, 6) is -0.627. The van der Waals surface area contributed by atoms with Crippen molar-refractivity contribution in [2.24, 2.45) is 10.8 Å². The summed E-state index contributed by atoms with van der Waals surface area (Å²) in [6.45, 7) is 0. The van der Waals surface area contributed by atoms with Gasteiger partial charge >= 0.3 is 0 Å². The fraction of sp³-hybridized carbons (Fsp3) is 0. The molecule has 1 amide bonds. The zero-order chi connectivity index (χ0) is 6.41. The minimum atomic E-state index is -0.627. The molecule has 5 nitrogen and oxygen atoms in total. The summed E-state index contributed by atoms with van der Waals surface area (Å²) in [5, 5.41) is 2.91. The monoisotopic (exact) mass is 112 g/mol. The van der Waals surface area contributed by atoms with E-state index in [1.807, 2.05) is 0 Å². The van der Waals surface area contributed by atoms with Crippen molar-refractivity contribution in [2.45, 2.75) is 0 Å². The molecule has 42 valence electrons. The number of amides is 1. The minimum Gasteiger partial charge on any atom is -0.366 e. The molecule has 0 heterocycles. The largest absolute Gasteiger partial charge is 0.366 e. The van der Waals surface area contributed by atoms with Crippen molar-refractivity contribution >= 4 is 5.91 Å². The first-order valence-corrected chi connectivity index (χ1v) is 1.77. The van der Waals surface area contributed by atoms with Crippen LogP contribution in [0.4, 0.5) is 0 Å². The molecule has 8 heavy (non-hydrogen) atoms. The molecule has 0 aromatic heterocycles. The lowest BCUT2D eigenvalue weighted by molar-refractivity contribution is -0.113. The molecular formula is C3H4N4O. The van der Waals surface area contributed by atoms with E-state index in [1.54, 1.807) is 0 Å². The van der Waals surface area contributed by atoms with E-state index in [9.17, 15) is 4.79 Å². The van der Waals surface area contributed by atoms with Crippen molar-refractivity contribution in [1.29, 1.82) is 0 Å². The Balaban J connectivity index is 3.67. The molecule has 0 saturated carbocycles. The Bertz CT molecular complexity index is 151. The van der Waals surface area contributed by atoms with Crippen LogP contribution in [0.5, 0.6) is 0 Å². The number of nitrogens with two attached hydrogens (primary N) is 1. The van der Waals surface area contributed by atoms with Crippen LogP contribution in [0.15, 0.2) is 17.4 Å². The second-order valence-corrected chi connectivity index (χ2v) is 0.923. The van der Waals surface area contributed by atoms with Gasteiger partial charge in [0, 0.05) is 17.2 Å². The molecule has 0 rings (SSSR count). The molecule has 0 atom stereocenters. The molecule has 0 radical (unpaired) electrons. The first kappa shape index (κ1) is 6.52. The Hall–Kier alpha value is -1.48. The summed E-state index contributed by atoms with van der Waals surface area (Å²) >= 11 is 0. The molecule has 2 N–H and O–H groups in total. The van der Waals surface area contributed by atoms with E-state index in [0.29, 0.717) is 0 Å². The van der Waals surface area contributed by atoms with E-state index < -0.39 is 5.91 Å². The lowest BCUT2D eigenvalue weighted by Crippen LogP contribution is -2.04. The van der Waals surface area contributed by atoms with E-state index in [1.165, 1.54) is 0 Å². The van der Waals surface area contributed by atoms with Crippen LogP contribution in [0.1, 0.15) is 0 Å². The summed E-state index contributed by atoms with van der Waals surface area (Å²) in [7, 11) is 0. The number of nitrogens with zero attached hydrogens (tertiary/aromatic N) is 3. The quantitative estimate of drug-likeness (QED) is 0.236. The lowest BCUT2D eigenvalue weighted by atomic mass is 10.6. The zero-order valence-electron chi connectivity index (χ0n) is 3.98. The van der Waals surface area contributed by atoms with Crippen molar-refractivity contribution in [3.05, 3.63) is 22.7 Å². The van der Waals surface area contributed by atoms with Crippen LogP contribution in [0.2, 0.25) is 0 Å². The molecule has 0 aromatic rings. The fourth-order valence-electron chi connectivity index (χ4n) is 0.137. The topological polar surface area (TPSA) is 91.8 Å². The average Bonchev–Trinajstić information content (AvgIpc) is 1.66. The molecule has 0 fully saturated rings. The van der Waals surface area contributed by atoms with Crippen LogP contribution >= 0.6 is 0 Å². The lowest BCUT2D eigenvalue weighted by Gasteiger charge is -1.70. The van der Waals surface area contributed by atoms with Crippen LogP contribution in [0.25, 0.3) is 10.4 Å². The van der Waals surface area contributed by atoms with Gasteiger partial charge in [-0.2, -0.15) is 0 Å². The van der Waals surface area contributed by atoms with E-state index in [-0.39, 0.29) is 0 Å². The van der Waals surface area contributed by atoms with Gasteiger partial charge in [0.25, 0.3) is 0 Å². The Labute approximate surface area is 45.4 Å². The van der Waals surface area contributed by atoms with Gasteiger partial charge in [0.05, 0.1) is 0 Å². The van der Waals surface area contributed by atoms with E-state index in [2.05, 4.69) is 15.8 Å². The van der Waals surface area contributed by atoms with Crippen molar-refractivity contribution in [1.82, 2.24) is 0 Å². The minimum absolute atomic E-state index is 0.627. The average molecular weight is 112 g/mol. The SMILES string of the molecule is [N-]=[N+]=NC=CC(N)=O. The molecule has 0 aliphatic heterocycles. The van der Waals surface area contributed by atoms with Crippen molar-refractivity contribution in [3.63, 3.8) is 0 Å². The molecule has 0 aliphatic rings. The molecule has 0 unspecified atom stereocenters. The number of carbonyl (C=O) groups excluding carboxylic acids is 1. The molecular weight excluding hydrogens is 108 g/mol. The van der Waals surface area contributed by atoms with Gasteiger partial charge in [-0.05, 0) is 5.53 Å². The van der Waals surface area contributed by atoms with Crippen LogP contribution in [0, 0.1) is 0 Å². The summed E-state index contributed by atoms with van der Waals surface area (Å²) < 4.78 is 0. The Morgan fingerprint density at radius 3 is 2.88 bits per heavy atom. The van der Waals surface area contributed by atoms with Crippen LogP contribution in [0.3, 0.4) is 0 Å². The van der Waals surface area contributed by atoms with Gasteiger partial charge in [-0.3, -0.25) is 4.79 Å². The number of hydrogen-bond donors (Lipinski definition) is 1. The third-order valence-corrected chi connectivity index (χ3v) is 0.357. The second kappa shape index (κ2) is 3.70. The van der Waals surface area contributed by atoms with E-state index in [0.717, 1.165) is 12.3 Å². The van der Waals surface area contributed by atoms with Crippen LogP contribution in [-0.4, -0.2) is 5.91 Å². The first-order chi connectivity index (χ1) is 3.77. The smallest absolute Gasteiger partial charge is 0.241 e. The molecule has 0 aliphatic carbocycles. The standard InChI is InChI=1S/C3H4N4O/c4-3(8)1-2-6-7-5/h1-2H,(H2,4,8). The highest BCUT2D eigenvalue weighted by Crippen LogP contribution is 1.71. The maximum Gasteiger partial charge on any atom is 0.241 e. The summed E-state index contributed by atoms with van der Waals surface area (Å²) in [5.41, 5.74) is 12.3. The predicted molar refractivity (Wildman–Crippen MR) is 27.5 cm³/mol. The third kappa shape index (κ3) is 4.52. The highest BCUT2D eigenvalue weighted by Gasteiger charge is 1.75. The van der Waals surface area contributed by atoms with Gasteiger partial charge < -0.3 is 5.73 Å². The normalized spacial score (nSPS) is 8.50.